The third-order valence-electron chi connectivity index (χ3n) is 3.48. The van der Waals surface area contributed by atoms with Crippen LogP contribution in [0.5, 0.6) is 0 Å². The van der Waals surface area contributed by atoms with Gasteiger partial charge in [0, 0.05) is 24.7 Å². The van der Waals surface area contributed by atoms with Crippen molar-refractivity contribution in [2.75, 3.05) is 31.6 Å². The Morgan fingerprint density at radius 1 is 1.40 bits per heavy atom. The molecule has 1 atom stereocenters. The SMILES string of the molecule is ClC1N=C(N2CCOCC2)c2sc3ncccc3c2N1. The second-order valence-corrected chi connectivity index (χ2v) is 6.11. The molecule has 1 saturated heterocycles. The average Bonchev–Trinajstić information content (AvgIpc) is 2.86. The number of amidine groups is 1. The van der Waals surface area contributed by atoms with E-state index in [0.717, 1.165) is 52.9 Å². The van der Waals surface area contributed by atoms with Crippen molar-refractivity contribution in [3.8, 4) is 0 Å². The van der Waals surface area contributed by atoms with Gasteiger partial charge in [0.15, 0.2) is 5.62 Å². The second kappa shape index (κ2) is 4.87. The molecule has 2 aromatic heterocycles. The molecule has 0 aliphatic carbocycles. The van der Waals surface area contributed by atoms with Gasteiger partial charge in [-0.3, -0.25) is 0 Å². The predicted molar refractivity (Wildman–Crippen MR) is 81.8 cm³/mol. The Bertz CT molecular complexity index is 680. The maximum Gasteiger partial charge on any atom is 0.197 e. The highest BCUT2D eigenvalue weighted by molar-refractivity contribution is 7.21. The summed E-state index contributed by atoms with van der Waals surface area (Å²) in [6, 6.07) is 4.01. The Morgan fingerprint density at radius 3 is 3.10 bits per heavy atom. The minimum absolute atomic E-state index is 0.432. The molecular weight excluding hydrogens is 296 g/mol. The molecule has 2 aliphatic heterocycles. The van der Waals surface area contributed by atoms with E-state index < -0.39 is 5.62 Å². The number of morpholine rings is 1. The Balaban J connectivity index is 1.84. The summed E-state index contributed by atoms with van der Waals surface area (Å²) in [5, 5.41) is 4.35. The third-order valence-corrected chi connectivity index (χ3v) is 4.80. The molecule has 5 nitrogen and oxygen atoms in total. The predicted octanol–water partition coefficient (Wildman–Crippen LogP) is 2.32. The molecule has 2 aliphatic rings. The minimum atomic E-state index is -0.432. The van der Waals surface area contributed by atoms with Crippen LogP contribution in [-0.4, -0.2) is 47.6 Å². The standard InChI is InChI=1S/C13H13ClN4OS/c14-13-16-9-8-2-1-3-15-12(8)20-10(9)11(17-13)18-4-6-19-7-5-18/h1-3,13,16H,4-7H2. The fourth-order valence-corrected chi connectivity index (χ4v) is 3.88. The van der Waals surface area contributed by atoms with Crippen LogP contribution in [0.15, 0.2) is 23.3 Å². The van der Waals surface area contributed by atoms with Gasteiger partial charge in [0.2, 0.25) is 0 Å². The Hall–Kier alpha value is -1.37. The lowest BCUT2D eigenvalue weighted by molar-refractivity contribution is 0.0682. The Kier molecular flexibility index (Phi) is 3.02. The first-order valence-electron chi connectivity index (χ1n) is 6.52. The molecule has 104 valence electrons. The van der Waals surface area contributed by atoms with Gasteiger partial charge in [0.1, 0.15) is 10.7 Å². The third kappa shape index (κ3) is 1.95. The first-order chi connectivity index (χ1) is 9.83. The zero-order valence-corrected chi connectivity index (χ0v) is 12.2. The smallest absolute Gasteiger partial charge is 0.197 e. The number of fused-ring (bicyclic) bond motifs is 3. The van der Waals surface area contributed by atoms with E-state index in [9.17, 15) is 0 Å². The van der Waals surface area contributed by atoms with E-state index in [2.05, 4.69) is 26.3 Å². The lowest BCUT2D eigenvalue weighted by atomic mass is 10.2. The number of thiophene rings is 1. The number of hydrogen-bond acceptors (Lipinski definition) is 6. The summed E-state index contributed by atoms with van der Waals surface area (Å²) >= 11 is 7.90. The number of halogens is 1. The van der Waals surface area contributed by atoms with E-state index in [4.69, 9.17) is 16.3 Å². The highest BCUT2D eigenvalue weighted by atomic mass is 35.5. The lowest BCUT2D eigenvalue weighted by Gasteiger charge is -2.32. The van der Waals surface area contributed by atoms with Crippen LogP contribution in [0, 0.1) is 0 Å². The second-order valence-electron chi connectivity index (χ2n) is 4.69. The van der Waals surface area contributed by atoms with Crippen molar-refractivity contribution in [1.82, 2.24) is 9.88 Å². The van der Waals surface area contributed by atoms with Crippen molar-refractivity contribution < 1.29 is 4.74 Å². The fraction of sp³-hybridized carbons (Fsp3) is 0.385. The first-order valence-corrected chi connectivity index (χ1v) is 7.77. The summed E-state index contributed by atoms with van der Waals surface area (Å²) in [5.74, 6) is 0.963. The van der Waals surface area contributed by atoms with Crippen LogP contribution < -0.4 is 5.32 Å². The number of pyridine rings is 1. The highest BCUT2D eigenvalue weighted by Crippen LogP contribution is 2.38. The molecule has 0 spiro atoms. The Morgan fingerprint density at radius 2 is 2.25 bits per heavy atom. The fourth-order valence-electron chi connectivity index (χ4n) is 2.55. The molecule has 0 bridgehead atoms. The van der Waals surface area contributed by atoms with Gasteiger partial charge < -0.3 is 15.0 Å². The van der Waals surface area contributed by atoms with E-state index in [1.807, 2.05) is 12.3 Å². The van der Waals surface area contributed by atoms with Crippen molar-refractivity contribution in [2.24, 2.45) is 4.99 Å². The minimum Gasteiger partial charge on any atom is -0.378 e. The number of alkyl halides is 1. The lowest BCUT2D eigenvalue weighted by Crippen LogP contribution is -2.43. The van der Waals surface area contributed by atoms with Gasteiger partial charge in [-0.15, -0.1) is 11.3 Å². The van der Waals surface area contributed by atoms with E-state index >= 15 is 0 Å². The van der Waals surface area contributed by atoms with Crippen LogP contribution in [0.3, 0.4) is 0 Å². The topological polar surface area (TPSA) is 49.8 Å². The van der Waals surface area contributed by atoms with E-state index in [1.54, 1.807) is 11.3 Å². The summed E-state index contributed by atoms with van der Waals surface area (Å²) in [6.07, 6.45) is 1.81. The highest BCUT2D eigenvalue weighted by Gasteiger charge is 2.28. The van der Waals surface area contributed by atoms with Crippen molar-refractivity contribution >= 4 is 44.7 Å². The van der Waals surface area contributed by atoms with Crippen molar-refractivity contribution in [3.05, 3.63) is 23.2 Å². The summed E-state index contributed by atoms with van der Waals surface area (Å²) in [6.45, 7) is 3.17. The van der Waals surface area contributed by atoms with Crippen LogP contribution in [0.1, 0.15) is 4.88 Å². The maximum atomic E-state index is 6.24. The summed E-state index contributed by atoms with van der Waals surface area (Å²) < 4.78 is 5.41. The maximum absolute atomic E-state index is 6.24. The van der Waals surface area contributed by atoms with Gasteiger partial charge in [0.25, 0.3) is 0 Å². The van der Waals surface area contributed by atoms with Gasteiger partial charge in [-0.25, -0.2) is 9.98 Å². The largest absolute Gasteiger partial charge is 0.378 e. The van der Waals surface area contributed by atoms with Crippen LogP contribution in [-0.2, 0) is 4.74 Å². The number of ether oxygens (including phenoxy) is 1. The average molecular weight is 309 g/mol. The van der Waals surface area contributed by atoms with E-state index in [0.29, 0.717) is 0 Å². The molecule has 7 heteroatoms. The molecule has 0 saturated carbocycles. The van der Waals surface area contributed by atoms with Gasteiger partial charge in [-0.2, -0.15) is 0 Å². The number of anilines is 1. The molecule has 20 heavy (non-hydrogen) atoms. The number of nitrogens with zero attached hydrogens (tertiary/aromatic N) is 3. The number of aromatic nitrogens is 1. The molecule has 4 heterocycles. The number of hydrogen-bond donors (Lipinski definition) is 1. The molecule has 0 aromatic carbocycles. The quantitative estimate of drug-likeness (QED) is 0.599. The van der Waals surface area contributed by atoms with Gasteiger partial charge in [0.05, 0.1) is 23.8 Å². The zero-order valence-electron chi connectivity index (χ0n) is 10.7. The number of rotatable bonds is 0. The van der Waals surface area contributed by atoms with Crippen LogP contribution in [0.4, 0.5) is 5.69 Å². The van der Waals surface area contributed by atoms with E-state index in [-0.39, 0.29) is 0 Å². The van der Waals surface area contributed by atoms with Gasteiger partial charge >= 0.3 is 0 Å². The molecule has 2 aromatic rings. The summed E-state index contributed by atoms with van der Waals surface area (Å²) in [4.78, 5) is 13.4. The Labute approximate surface area is 125 Å². The zero-order chi connectivity index (χ0) is 13.5. The molecule has 4 rings (SSSR count). The monoisotopic (exact) mass is 308 g/mol. The normalized spacial score (nSPS) is 22.4. The van der Waals surface area contributed by atoms with Crippen LogP contribution >= 0.6 is 22.9 Å². The first kappa shape index (κ1) is 12.4. The van der Waals surface area contributed by atoms with E-state index in [1.165, 1.54) is 0 Å². The molecule has 1 unspecified atom stereocenters. The van der Waals surface area contributed by atoms with Crippen LogP contribution in [0.25, 0.3) is 10.2 Å². The molecular formula is C13H13ClN4OS. The van der Waals surface area contributed by atoms with Gasteiger partial charge in [-0.05, 0) is 12.1 Å². The van der Waals surface area contributed by atoms with Crippen molar-refractivity contribution in [2.45, 2.75) is 5.62 Å². The molecule has 0 radical (unpaired) electrons. The van der Waals surface area contributed by atoms with Crippen molar-refractivity contribution in [3.63, 3.8) is 0 Å². The summed E-state index contributed by atoms with van der Waals surface area (Å²) in [7, 11) is 0. The van der Waals surface area contributed by atoms with Crippen molar-refractivity contribution in [1.29, 1.82) is 0 Å². The number of nitrogens with one attached hydrogen (secondary N) is 1. The molecule has 1 fully saturated rings. The number of aliphatic imine (C=N–C) groups is 1. The molecule has 1 N–H and O–H groups in total. The summed E-state index contributed by atoms with van der Waals surface area (Å²) in [5.41, 5.74) is 0.618. The van der Waals surface area contributed by atoms with Crippen LogP contribution in [0.2, 0.25) is 0 Å². The van der Waals surface area contributed by atoms with Gasteiger partial charge in [-0.1, -0.05) is 11.6 Å². The molecule has 0 amide bonds.